The Bertz CT molecular complexity index is 418. The summed E-state index contributed by atoms with van der Waals surface area (Å²) < 4.78 is 0. The molecule has 0 saturated carbocycles. The van der Waals surface area contributed by atoms with Crippen molar-refractivity contribution >= 4 is 17.5 Å². The molecule has 18 heavy (non-hydrogen) atoms. The van der Waals surface area contributed by atoms with Gasteiger partial charge >= 0.3 is 0 Å². The topological polar surface area (TPSA) is 41.1 Å². The van der Waals surface area contributed by atoms with Crippen LogP contribution >= 0.6 is 11.6 Å². The van der Waals surface area contributed by atoms with Gasteiger partial charge in [0.2, 0.25) is 5.91 Å². The number of rotatable bonds is 5. The van der Waals surface area contributed by atoms with Gasteiger partial charge in [-0.3, -0.25) is 4.79 Å². The van der Waals surface area contributed by atoms with E-state index in [1.54, 1.807) is 7.05 Å². The molecule has 0 aliphatic heterocycles. The molecule has 1 amide bonds. The number of amides is 1. The van der Waals surface area contributed by atoms with Crippen LogP contribution in [0.5, 0.6) is 0 Å². The van der Waals surface area contributed by atoms with Crippen molar-refractivity contribution in [2.24, 2.45) is 5.41 Å². The standard InChI is InChI=1S/C14H21ClN2O/c1-10(11-6-5-7-12(15)8-11)17-9-14(2,3)13(18)16-4/h5-8,10,17H,9H2,1-4H3,(H,16,18). The van der Waals surface area contributed by atoms with Gasteiger partial charge < -0.3 is 10.6 Å². The Labute approximate surface area is 114 Å². The minimum Gasteiger partial charge on any atom is -0.359 e. The number of hydrogen-bond acceptors (Lipinski definition) is 2. The summed E-state index contributed by atoms with van der Waals surface area (Å²) in [5.41, 5.74) is 0.692. The zero-order valence-corrected chi connectivity index (χ0v) is 12.1. The van der Waals surface area contributed by atoms with Gasteiger partial charge in [-0.2, -0.15) is 0 Å². The maximum atomic E-state index is 11.7. The lowest BCUT2D eigenvalue weighted by atomic mass is 9.91. The predicted octanol–water partition coefficient (Wildman–Crippen LogP) is 2.76. The van der Waals surface area contributed by atoms with Crippen LogP contribution in [0.3, 0.4) is 0 Å². The van der Waals surface area contributed by atoms with E-state index in [9.17, 15) is 4.79 Å². The second-order valence-electron chi connectivity index (χ2n) is 5.12. The lowest BCUT2D eigenvalue weighted by Gasteiger charge is -2.25. The molecule has 0 spiro atoms. The van der Waals surface area contributed by atoms with Gasteiger partial charge in [-0.25, -0.2) is 0 Å². The Balaban J connectivity index is 2.61. The van der Waals surface area contributed by atoms with Crippen molar-refractivity contribution in [2.75, 3.05) is 13.6 Å². The summed E-state index contributed by atoms with van der Waals surface area (Å²) in [6.45, 7) is 6.51. The van der Waals surface area contributed by atoms with Crippen LogP contribution in [-0.2, 0) is 4.79 Å². The second-order valence-corrected chi connectivity index (χ2v) is 5.56. The SMILES string of the molecule is CNC(=O)C(C)(C)CNC(C)c1cccc(Cl)c1. The smallest absolute Gasteiger partial charge is 0.226 e. The number of halogens is 1. The molecule has 0 aromatic heterocycles. The van der Waals surface area contributed by atoms with Crippen LogP contribution in [0.2, 0.25) is 5.02 Å². The largest absolute Gasteiger partial charge is 0.359 e. The fourth-order valence-corrected chi connectivity index (χ4v) is 1.92. The highest BCUT2D eigenvalue weighted by atomic mass is 35.5. The van der Waals surface area contributed by atoms with Crippen LogP contribution in [0.1, 0.15) is 32.4 Å². The van der Waals surface area contributed by atoms with E-state index in [-0.39, 0.29) is 11.9 Å². The van der Waals surface area contributed by atoms with E-state index in [2.05, 4.69) is 17.6 Å². The summed E-state index contributed by atoms with van der Waals surface area (Å²) in [4.78, 5) is 11.7. The van der Waals surface area contributed by atoms with Gasteiger partial charge in [0.25, 0.3) is 0 Å². The normalized spacial score (nSPS) is 13.2. The molecule has 0 aliphatic rings. The molecule has 0 radical (unpaired) electrons. The zero-order valence-electron chi connectivity index (χ0n) is 11.4. The quantitative estimate of drug-likeness (QED) is 0.862. The van der Waals surface area contributed by atoms with E-state index in [1.807, 2.05) is 38.1 Å². The molecule has 1 rings (SSSR count). The van der Waals surface area contributed by atoms with Gasteiger partial charge in [0, 0.05) is 24.7 Å². The first kappa shape index (κ1) is 15.0. The highest BCUT2D eigenvalue weighted by Crippen LogP contribution is 2.20. The molecule has 1 aromatic rings. The highest BCUT2D eigenvalue weighted by molar-refractivity contribution is 6.30. The van der Waals surface area contributed by atoms with Crippen molar-refractivity contribution in [1.29, 1.82) is 0 Å². The first-order valence-electron chi connectivity index (χ1n) is 6.08. The summed E-state index contributed by atoms with van der Waals surface area (Å²) >= 11 is 5.96. The summed E-state index contributed by atoms with van der Waals surface area (Å²) in [6, 6.07) is 7.90. The third-order valence-electron chi connectivity index (χ3n) is 3.04. The van der Waals surface area contributed by atoms with Crippen LogP contribution in [-0.4, -0.2) is 19.5 Å². The van der Waals surface area contributed by atoms with Crippen LogP contribution in [0.4, 0.5) is 0 Å². The third-order valence-corrected chi connectivity index (χ3v) is 3.28. The van der Waals surface area contributed by atoms with Gasteiger partial charge in [0.1, 0.15) is 0 Å². The van der Waals surface area contributed by atoms with E-state index < -0.39 is 5.41 Å². The molecule has 1 aromatic carbocycles. The average Bonchev–Trinajstić information content (AvgIpc) is 2.35. The number of benzene rings is 1. The number of hydrogen-bond donors (Lipinski definition) is 2. The van der Waals surface area contributed by atoms with Crippen molar-refractivity contribution in [3.8, 4) is 0 Å². The Morgan fingerprint density at radius 2 is 2.11 bits per heavy atom. The molecule has 100 valence electrons. The van der Waals surface area contributed by atoms with E-state index in [0.717, 1.165) is 10.6 Å². The van der Waals surface area contributed by atoms with Gasteiger partial charge in [-0.1, -0.05) is 23.7 Å². The zero-order chi connectivity index (χ0) is 13.8. The Kier molecular flexibility index (Phi) is 5.17. The van der Waals surface area contributed by atoms with Crippen molar-refractivity contribution in [3.63, 3.8) is 0 Å². The lowest BCUT2D eigenvalue weighted by Crippen LogP contribution is -2.42. The molecule has 3 nitrogen and oxygen atoms in total. The lowest BCUT2D eigenvalue weighted by molar-refractivity contribution is -0.128. The maximum absolute atomic E-state index is 11.7. The van der Waals surface area contributed by atoms with E-state index in [4.69, 9.17) is 11.6 Å². The van der Waals surface area contributed by atoms with Crippen LogP contribution in [0, 0.1) is 5.41 Å². The van der Waals surface area contributed by atoms with Crippen molar-refractivity contribution in [2.45, 2.75) is 26.8 Å². The summed E-state index contributed by atoms with van der Waals surface area (Å²) in [7, 11) is 1.66. The number of carbonyl (C=O) groups excluding carboxylic acids is 1. The molecular formula is C14H21ClN2O. The van der Waals surface area contributed by atoms with Crippen molar-refractivity contribution in [1.82, 2.24) is 10.6 Å². The average molecular weight is 269 g/mol. The van der Waals surface area contributed by atoms with Crippen LogP contribution in [0.25, 0.3) is 0 Å². The first-order valence-corrected chi connectivity index (χ1v) is 6.45. The van der Waals surface area contributed by atoms with E-state index >= 15 is 0 Å². The summed E-state index contributed by atoms with van der Waals surface area (Å²) in [5, 5.41) is 6.77. The van der Waals surface area contributed by atoms with Crippen LogP contribution < -0.4 is 10.6 Å². The van der Waals surface area contributed by atoms with Crippen LogP contribution in [0.15, 0.2) is 24.3 Å². The molecule has 2 N–H and O–H groups in total. The van der Waals surface area contributed by atoms with E-state index in [1.165, 1.54) is 0 Å². The second kappa shape index (κ2) is 6.21. The molecule has 1 atom stereocenters. The molecule has 0 saturated heterocycles. The Hall–Kier alpha value is -1.06. The fourth-order valence-electron chi connectivity index (χ4n) is 1.72. The number of nitrogens with one attached hydrogen (secondary N) is 2. The Morgan fingerprint density at radius 1 is 1.44 bits per heavy atom. The molecule has 1 unspecified atom stereocenters. The van der Waals surface area contributed by atoms with Gasteiger partial charge in [-0.05, 0) is 38.5 Å². The molecule has 0 bridgehead atoms. The van der Waals surface area contributed by atoms with Gasteiger partial charge in [-0.15, -0.1) is 0 Å². The molecular weight excluding hydrogens is 248 g/mol. The van der Waals surface area contributed by atoms with Crippen molar-refractivity contribution in [3.05, 3.63) is 34.9 Å². The molecule has 4 heteroatoms. The van der Waals surface area contributed by atoms with Gasteiger partial charge in [0.15, 0.2) is 0 Å². The minimum absolute atomic E-state index is 0.0355. The maximum Gasteiger partial charge on any atom is 0.226 e. The fraction of sp³-hybridized carbons (Fsp3) is 0.500. The predicted molar refractivity (Wildman–Crippen MR) is 75.7 cm³/mol. The highest BCUT2D eigenvalue weighted by Gasteiger charge is 2.26. The third kappa shape index (κ3) is 4.00. The number of carbonyl (C=O) groups is 1. The van der Waals surface area contributed by atoms with Gasteiger partial charge in [0.05, 0.1) is 5.41 Å². The molecule has 0 aliphatic carbocycles. The minimum atomic E-state index is -0.429. The molecule has 0 heterocycles. The van der Waals surface area contributed by atoms with Crippen molar-refractivity contribution < 1.29 is 4.79 Å². The van der Waals surface area contributed by atoms with E-state index in [0.29, 0.717) is 6.54 Å². The summed E-state index contributed by atoms with van der Waals surface area (Å²) in [6.07, 6.45) is 0. The first-order chi connectivity index (χ1) is 8.36. The molecule has 0 fully saturated rings. The summed E-state index contributed by atoms with van der Waals surface area (Å²) in [5.74, 6) is 0.0355. The monoisotopic (exact) mass is 268 g/mol. The Morgan fingerprint density at radius 3 is 2.67 bits per heavy atom.